The summed E-state index contributed by atoms with van der Waals surface area (Å²) < 4.78 is 0. The van der Waals surface area contributed by atoms with E-state index >= 15 is 0 Å². The smallest absolute Gasteiger partial charge is 0.305 e. The maximum absolute atomic E-state index is 11.7. The highest BCUT2D eigenvalue weighted by Crippen LogP contribution is 2.19. The third-order valence-corrected chi connectivity index (χ3v) is 3.53. The lowest BCUT2D eigenvalue weighted by atomic mass is 10.3. The SMILES string of the molecule is CN(CCC(=O)O)C(=O)CCSc1ccc([N+](=O)[O-])cn1. The second-order valence-corrected chi connectivity index (χ2v) is 5.28. The molecule has 0 fully saturated rings. The van der Waals surface area contributed by atoms with E-state index in [9.17, 15) is 19.7 Å². The van der Waals surface area contributed by atoms with Gasteiger partial charge in [-0.15, -0.1) is 11.8 Å². The zero-order chi connectivity index (χ0) is 15.8. The molecule has 8 nitrogen and oxygen atoms in total. The summed E-state index contributed by atoms with van der Waals surface area (Å²) in [5.41, 5.74) is -0.0798. The van der Waals surface area contributed by atoms with Gasteiger partial charge in [0.15, 0.2) is 0 Å². The van der Waals surface area contributed by atoms with Crippen LogP contribution in [-0.2, 0) is 9.59 Å². The fraction of sp³-hybridized carbons (Fsp3) is 0.417. The molecule has 114 valence electrons. The van der Waals surface area contributed by atoms with Gasteiger partial charge in [-0.05, 0) is 6.07 Å². The summed E-state index contributed by atoms with van der Waals surface area (Å²) in [7, 11) is 1.56. The highest BCUT2D eigenvalue weighted by Gasteiger charge is 2.11. The molecule has 0 unspecified atom stereocenters. The molecule has 0 saturated carbocycles. The van der Waals surface area contributed by atoms with Crippen molar-refractivity contribution >= 4 is 29.3 Å². The first-order valence-corrected chi connectivity index (χ1v) is 7.07. The van der Waals surface area contributed by atoms with Gasteiger partial charge >= 0.3 is 5.97 Å². The van der Waals surface area contributed by atoms with E-state index in [0.29, 0.717) is 10.8 Å². The average Bonchev–Trinajstić information content (AvgIpc) is 2.45. The molecule has 0 aromatic carbocycles. The van der Waals surface area contributed by atoms with Crippen molar-refractivity contribution in [3.63, 3.8) is 0 Å². The number of carbonyl (C=O) groups is 2. The summed E-state index contributed by atoms with van der Waals surface area (Å²) in [6.07, 6.45) is 1.34. The zero-order valence-electron chi connectivity index (χ0n) is 11.4. The Labute approximate surface area is 125 Å². The van der Waals surface area contributed by atoms with E-state index in [2.05, 4.69) is 4.98 Å². The van der Waals surface area contributed by atoms with Crippen LogP contribution in [0.25, 0.3) is 0 Å². The van der Waals surface area contributed by atoms with Crippen molar-refractivity contribution in [2.75, 3.05) is 19.3 Å². The molecule has 0 aliphatic carbocycles. The summed E-state index contributed by atoms with van der Waals surface area (Å²) in [4.78, 5) is 37.3. The van der Waals surface area contributed by atoms with Crippen molar-refractivity contribution in [3.8, 4) is 0 Å². The number of nitro groups is 1. The van der Waals surface area contributed by atoms with E-state index in [1.807, 2.05) is 0 Å². The summed E-state index contributed by atoms with van der Waals surface area (Å²) >= 11 is 1.31. The summed E-state index contributed by atoms with van der Waals surface area (Å²) in [6.45, 7) is 0.175. The fourth-order valence-corrected chi connectivity index (χ4v) is 2.17. The number of aliphatic carboxylic acids is 1. The van der Waals surface area contributed by atoms with Gasteiger partial charge in [0.05, 0.1) is 16.4 Å². The van der Waals surface area contributed by atoms with Gasteiger partial charge in [0.25, 0.3) is 5.69 Å². The number of pyridine rings is 1. The molecular weight excluding hydrogens is 298 g/mol. The second kappa shape index (κ2) is 8.20. The highest BCUT2D eigenvalue weighted by atomic mass is 32.2. The van der Waals surface area contributed by atoms with Crippen LogP contribution < -0.4 is 0 Å². The van der Waals surface area contributed by atoms with Crippen LogP contribution in [0.5, 0.6) is 0 Å². The third kappa shape index (κ3) is 6.21. The van der Waals surface area contributed by atoms with Gasteiger partial charge in [0.2, 0.25) is 5.91 Å². The Bertz CT molecular complexity index is 520. The molecule has 1 rings (SSSR count). The number of nitrogens with zero attached hydrogens (tertiary/aromatic N) is 3. The van der Waals surface area contributed by atoms with Crippen molar-refractivity contribution in [1.29, 1.82) is 0 Å². The number of carbonyl (C=O) groups excluding carboxylic acids is 1. The maximum atomic E-state index is 11.7. The first-order valence-electron chi connectivity index (χ1n) is 6.09. The molecular formula is C12H15N3O5S. The van der Waals surface area contributed by atoms with E-state index in [0.717, 1.165) is 0 Å². The van der Waals surface area contributed by atoms with Gasteiger partial charge in [-0.25, -0.2) is 4.98 Å². The molecule has 0 atom stereocenters. The predicted molar refractivity (Wildman–Crippen MR) is 76.1 cm³/mol. The van der Waals surface area contributed by atoms with Gasteiger partial charge in [-0.2, -0.15) is 0 Å². The first-order chi connectivity index (χ1) is 9.90. The quantitative estimate of drug-likeness (QED) is 0.438. The van der Waals surface area contributed by atoms with Crippen LogP contribution in [0.1, 0.15) is 12.8 Å². The highest BCUT2D eigenvalue weighted by molar-refractivity contribution is 7.99. The van der Waals surface area contributed by atoms with E-state index in [1.165, 1.54) is 35.0 Å². The lowest BCUT2D eigenvalue weighted by Gasteiger charge is -2.15. The minimum Gasteiger partial charge on any atom is -0.481 e. The molecule has 1 N–H and O–H groups in total. The van der Waals surface area contributed by atoms with Crippen LogP contribution in [0, 0.1) is 10.1 Å². The molecule has 21 heavy (non-hydrogen) atoms. The number of hydrogen-bond acceptors (Lipinski definition) is 6. The zero-order valence-corrected chi connectivity index (χ0v) is 12.2. The Kier molecular flexibility index (Phi) is 6.60. The maximum Gasteiger partial charge on any atom is 0.305 e. The molecule has 9 heteroatoms. The predicted octanol–water partition coefficient (Wildman–Crippen LogP) is 1.41. The lowest BCUT2D eigenvalue weighted by Crippen LogP contribution is -2.29. The molecule has 1 amide bonds. The largest absolute Gasteiger partial charge is 0.481 e. The van der Waals surface area contributed by atoms with Crippen LogP contribution in [0.4, 0.5) is 5.69 Å². The first kappa shape index (κ1) is 16.9. The lowest BCUT2D eigenvalue weighted by molar-refractivity contribution is -0.385. The van der Waals surface area contributed by atoms with Crippen LogP contribution in [0.3, 0.4) is 0 Å². The standard InChI is InChI=1S/C12H15N3O5S/c1-14(6-4-12(17)18)11(16)5-7-21-10-3-2-9(8-13-10)15(19)20/h2-3,8H,4-7H2,1H3,(H,17,18). The van der Waals surface area contributed by atoms with Crippen molar-refractivity contribution in [1.82, 2.24) is 9.88 Å². The molecule has 1 heterocycles. The summed E-state index contributed by atoms with van der Waals surface area (Å²) in [5, 5.41) is 19.6. The Morgan fingerprint density at radius 3 is 2.67 bits per heavy atom. The minimum atomic E-state index is -0.945. The molecule has 0 spiro atoms. The normalized spacial score (nSPS) is 10.1. The van der Waals surface area contributed by atoms with Crippen LogP contribution in [-0.4, -0.2) is 51.1 Å². The molecule has 0 radical (unpaired) electrons. The van der Waals surface area contributed by atoms with E-state index in [4.69, 9.17) is 5.11 Å². The summed E-state index contributed by atoms with van der Waals surface area (Å²) in [6, 6.07) is 2.89. The number of carboxylic acid groups (broad SMARTS) is 1. The number of aromatic nitrogens is 1. The van der Waals surface area contributed by atoms with Crippen LogP contribution >= 0.6 is 11.8 Å². The number of carboxylic acids is 1. The van der Waals surface area contributed by atoms with E-state index < -0.39 is 10.9 Å². The fourth-order valence-electron chi connectivity index (χ4n) is 1.39. The van der Waals surface area contributed by atoms with Crippen LogP contribution in [0.2, 0.25) is 0 Å². The Hall–Kier alpha value is -2.16. The van der Waals surface area contributed by atoms with Crippen molar-refractivity contribution in [2.45, 2.75) is 17.9 Å². The monoisotopic (exact) mass is 313 g/mol. The van der Waals surface area contributed by atoms with Gasteiger partial charge in [-0.3, -0.25) is 19.7 Å². The molecule has 1 aromatic heterocycles. The van der Waals surface area contributed by atoms with Crippen LogP contribution in [0.15, 0.2) is 23.4 Å². The molecule has 0 aliphatic heterocycles. The van der Waals surface area contributed by atoms with Gasteiger partial charge in [-0.1, -0.05) is 0 Å². The van der Waals surface area contributed by atoms with Gasteiger partial charge in [0.1, 0.15) is 6.20 Å². The van der Waals surface area contributed by atoms with Crippen molar-refractivity contribution in [3.05, 3.63) is 28.4 Å². The van der Waals surface area contributed by atoms with Gasteiger partial charge in [0, 0.05) is 31.8 Å². The van der Waals surface area contributed by atoms with E-state index in [1.54, 1.807) is 7.05 Å². The number of thioether (sulfide) groups is 1. The average molecular weight is 313 g/mol. The second-order valence-electron chi connectivity index (χ2n) is 4.17. The Morgan fingerprint density at radius 1 is 1.43 bits per heavy atom. The molecule has 0 aliphatic rings. The number of amides is 1. The van der Waals surface area contributed by atoms with Crippen molar-refractivity contribution in [2.24, 2.45) is 0 Å². The Morgan fingerprint density at radius 2 is 2.14 bits per heavy atom. The molecule has 1 aromatic rings. The summed E-state index contributed by atoms with van der Waals surface area (Å²) in [5.74, 6) is -0.620. The number of hydrogen-bond donors (Lipinski definition) is 1. The number of rotatable bonds is 8. The van der Waals surface area contributed by atoms with E-state index in [-0.39, 0.29) is 31.0 Å². The molecule has 0 bridgehead atoms. The van der Waals surface area contributed by atoms with Crippen molar-refractivity contribution < 1.29 is 19.6 Å². The van der Waals surface area contributed by atoms with Gasteiger partial charge < -0.3 is 10.0 Å². The Balaban J connectivity index is 2.34. The molecule has 0 saturated heterocycles. The minimum absolute atomic E-state index is 0.0798. The topological polar surface area (TPSA) is 114 Å². The third-order valence-electron chi connectivity index (χ3n) is 2.58.